The number of carboxylic acid groups (broad SMARTS) is 1. The highest BCUT2D eigenvalue weighted by Crippen LogP contribution is 2.01. The van der Waals surface area contributed by atoms with Crippen molar-refractivity contribution in [3.63, 3.8) is 0 Å². The Bertz CT molecular complexity index is 217. The molecule has 5 heteroatoms. The first-order valence-corrected chi connectivity index (χ1v) is 5.03. The highest BCUT2D eigenvalue weighted by Gasteiger charge is 2.15. The van der Waals surface area contributed by atoms with Gasteiger partial charge >= 0.3 is 11.9 Å². The summed E-state index contributed by atoms with van der Waals surface area (Å²) in [5, 5.41) is 8.73. The first kappa shape index (κ1) is 13.9. The molecule has 0 fully saturated rings. The van der Waals surface area contributed by atoms with Gasteiger partial charge in [0.1, 0.15) is 0 Å². The number of rotatable bonds is 7. The van der Waals surface area contributed by atoms with Crippen LogP contribution in [-0.2, 0) is 14.3 Å². The number of hydrogen-bond acceptors (Lipinski definition) is 4. The Balaban J connectivity index is 3.92. The molecule has 5 nitrogen and oxygen atoms in total. The van der Waals surface area contributed by atoms with Gasteiger partial charge in [-0.05, 0) is 6.54 Å². The Morgan fingerprint density at radius 1 is 1.47 bits per heavy atom. The number of carboxylic acids is 1. The number of carbonyl (C=O) groups excluding carboxylic acids is 1. The predicted molar refractivity (Wildman–Crippen MR) is 55.5 cm³/mol. The third-order valence-corrected chi connectivity index (χ3v) is 2.26. The van der Waals surface area contributed by atoms with Crippen LogP contribution in [0.25, 0.3) is 0 Å². The van der Waals surface area contributed by atoms with Crippen molar-refractivity contribution >= 4 is 11.9 Å². The van der Waals surface area contributed by atoms with Crippen LogP contribution in [0.4, 0.5) is 0 Å². The van der Waals surface area contributed by atoms with Crippen molar-refractivity contribution in [2.24, 2.45) is 5.92 Å². The van der Waals surface area contributed by atoms with Crippen LogP contribution in [-0.4, -0.2) is 48.7 Å². The van der Waals surface area contributed by atoms with Gasteiger partial charge in [-0.2, -0.15) is 0 Å². The molecule has 1 N–H and O–H groups in total. The first-order chi connectivity index (χ1) is 7.01. The standard InChI is InChI=1S/C10H19NO4/c1-4-11(6-5-9(12)15-3)7-8(2)10(13)14/h8H,4-7H2,1-3H3,(H,13,14). The third kappa shape index (κ3) is 6.06. The molecule has 0 spiro atoms. The third-order valence-electron chi connectivity index (χ3n) is 2.26. The van der Waals surface area contributed by atoms with Crippen LogP contribution in [0.5, 0.6) is 0 Å². The second kappa shape index (κ2) is 7.23. The van der Waals surface area contributed by atoms with Gasteiger partial charge in [0.05, 0.1) is 19.4 Å². The van der Waals surface area contributed by atoms with Crippen LogP contribution >= 0.6 is 0 Å². The molecule has 0 aromatic heterocycles. The average Bonchev–Trinajstić information content (AvgIpc) is 2.22. The SMILES string of the molecule is CCN(CCC(=O)OC)CC(C)C(=O)O. The summed E-state index contributed by atoms with van der Waals surface area (Å²) < 4.78 is 4.52. The molecule has 0 saturated carbocycles. The normalized spacial score (nSPS) is 12.5. The van der Waals surface area contributed by atoms with Crippen molar-refractivity contribution < 1.29 is 19.4 Å². The summed E-state index contributed by atoms with van der Waals surface area (Å²) in [6.07, 6.45) is 0.302. The van der Waals surface area contributed by atoms with E-state index >= 15 is 0 Å². The topological polar surface area (TPSA) is 66.8 Å². The largest absolute Gasteiger partial charge is 0.481 e. The fourth-order valence-electron chi connectivity index (χ4n) is 1.20. The van der Waals surface area contributed by atoms with Crippen LogP contribution in [0, 0.1) is 5.92 Å². The molecule has 88 valence electrons. The summed E-state index contributed by atoms with van der Waals surface area (Å²) in [5.74, 6) is -1.49. The van der Waals surface area contributed by atoms with E-state index < -0.39 is 11.9 Å². The van der Waals surface area contributed by atoms with Crippen LogP contribution in [0.15, 0.2) is 0 Å². The highest BCUT2D eigenvalue weighted by atomic mass is 16.5. The van der Waals surface area contributed by atoms with Crippen LogP contribution < -0.4 is 0 Å². The Kier molecular flexibility index (Phi) is 6.70. The zero-order chi connectivity index (χ0) is 11.8. The molecule has 0 radical (unpaired) electrons. The van der Waals surface area contributed by atoms with Crippen molar-refractivity contribution in [2.75, 3.05) is 26.7 Å². The second-order valence-electron chi connectivity index (χ2n) is 3.46. The van der Waals surface area contributed by atoms with E-state index in [-0.39, 0.29) is 5.97 Å². The Labute approximate surface area is 90.0 Å². The molecule has 0 aliphatic heterocycles. The first-order valence-electron chi connectivity index (χ1n) is 5.03. The average molecular weight is 217 g/mol. The van der Waals surface area contributed by atoms with Gasteiger partial charge in [-0.1, -0.05) is 13.8 Å². The number of carbonyl (C=O) groups is 2. The van der Waals surface area contributed by atoms with E-state index in [0.29, 0.717) is 19.5 Å². The molecule has 0 saturated heterocycles. The van der Waals surface area contributed by atoms with Crippen molar-refractivity contribution in [3.05, 3.63) is 0 Å². The van der Waals surface area contributed by atoms with Gasteiger partial charge in [-0.3, -0.25) is 9.59 Å². The maximum atomic E-state index is 10.9. The minimum atomic E-state index is -0.813. The van der Waals surface area contributed by atoms with Crippen molar-refractivity contribution in [3.8, 4) is 0 Å². The summed E-state index contributed by atoms with van der Waals surface area (Å²) in [6.45, 7) is 5.33. The van der Waals surface area contributed by atoms with E-state index in [0.717, 1.165) is 6.54 Å². The lowest BCUT2D eigenvalue weighted by atomic mass is 10.1. The maximum absolute atomic E-state index is 10.9. The quantitative estimate of drug-likeness (QED) is 0.632. The molecule has 0 heterocycles. The van der Waals surface area contributed by atoms with Gasteiger partial charge in [0.15, 0.2) is 0 Å². The van der Waals surface area contributed by atoms with Gasteiger partial charge in [0.25, 0.3) is 0 Å². The van der Waals surface area contributed by atoms with Crippen LogP contribution in [0.1, 0.15) is 20.3 Å². The van der Waals surface area contributed by atoms with Crippen molar-refractivity contribution in [2.45, 2.75) is 20.3 Å². The number of methoxy groups -OCH3 is 1. The van der Waals surface area contributed by atoms with E-state index in [4.69, 9.17) is 5.11 Å². The lowest BCUT2D eigenvalue weighted by molar-refractivity contribution is -0.141. The van der Waals surface area contributed by atoms with Crippen LogP contribution in [0.2, 0.25) is 0 Å². The summed E-state index contributed by atoms with van der Waals surface area (Å²) in [6, 6.07) is 0. The highest BCUT2D eigenvalue weighted by molar-refractivity contribution is 5.70. The molecule has 0 bridgehead atoms. The number of esters is 1. The molecule has 0 aromatic carbocycles. The zero-order valence-corrected chi connectivity index (χ0v) is 9.52. The predicted octanol–water partition coefficient (Wildman–Crippen LogP) is 0.592. The Hall–Kier alpha value is -1.10. The molecule has 0 aliphatic carbocycles. The van der Waals surface area contributed by atoms with Crippen LogP contribution in [0.3, 0.4) is 0 Å². The summed E-state index contributed by atoms with van der Waals surface area (Å²) >= 11 is 0. The summed E-state index contributed by atoms with van der Waals surface area (Å²) in [5.41, 5.74) is 0. The van der Waals surface area contributed by atoms with Gasteiger partial charge in [0.2, 0.25) is 0 Å². The minimum Gasteiger partial charge on any atom is -0.481 e. The number of nitrogens with zero attached hydrogens (tertiary/aromatic N) is 1. The van der Waals surface area contributed by atoms with E-state index in [1.54, 1.807) is 6.92 Å². The lowest BCUT2D eigenvalue weighted by Crippen LogP contribution is -2.33. The second-order valence-corrected chi connectivity index (χ2v) is 3.46. The van der Waals surface area contributed by atoms with Crippen molar-refractivity contribution in [1.29, 1.82) is 0 Å². The number of hydrogen-bond donors (Lipinski definition) is 1. The molecular formula is C10H19NO4. The monoisotopic (exact) mass is 217 g/mol. The Morgan fingerprint density at radius 3 is 2.47 bits per heavy atom. The van der Waals surface area contributed by atoms with Gasteiger partial charge < -0.3 is 14.7 Å². The van der Waals surface area contributed by atoms with E-state index in [1.165, 1.54) is 7.11 Å². The summed E-state index contributed by atoms with van der Waals surface area (Å²) in [4.78, 5) is 23.4. The molecule has 1 unspecified atom stereocenters. The maximum Gasteiger partial charge on any atom is 0.307 e. The fourth-order valence-corrected chi connectivity index (χ4v) is 1.20. The van der Waals surface area contributed by atoms with Crippen molar-refractivity contribution in [1.82, 2.24) is 4.90 Å². The molecule has 0 amide bonds. The smallest absolute Gasteiger partial charge is 0.307 e. The van der Waals surface area contributed by atoms with E-state index in [1.807, 2.05) is 11.8 Å². The molecule has 1 atom stereocenters. The van der Waals surface area contributed by atoms with Gasteiger partial charge in [-0.25, -0.2) is 0 Å². The zero-order valence-electron chi connectivity index (χ0n) is 9.52. The molecule has 0 rings (SSSR count). The molecule has 0 aliphatic rings. The molecule has 15 heavy (non-hydrogen) atoms. The molecular weight excluding hydrogens is 198 g/mol. The van der Waals surface area contributed by atoms with Gasteiger partial charge in [0, 0.05) is 13.1 Å². The van der Waals surface area contributed by atoms with E-state index in [2.05, 4.69) is 4.74 Å². The fraction of sp³-hybridized carbons (Fsp3) is 0.800. The number of ether oxygens (including phenoxy) is 1. The lowest BCUT2D eigenvalue weighted by Gasteiger charge is -2.21. The number of aliphatic carboxylic acids is 1. The summed E-state index contributed by atoms with van der Waals surface area (Å²) in [7, 11) is 1.35. The Morgan fingerprint density at radius 2 is 2.07 bits per heavy atom. The van der Waals surface area contributed by atoms with E-state index in [9.17, 15) is 9.59 Å². The minimum absolute atomic E-state index is 0.267. The molecule has 0 aromatic rings. The van der Waals surface area contributed by atoms with Gasteiger partial charge in [-0.15, -0.1) is 0 Å².